The average Bonchev–Trinajstić information content (AvgIpc) is 2.38. The Kier molecular flexibility index (Phi) is 3.18. The Labute approximate surface area is 101 Å². The first kappa shape index (κ1) is 12.3. The molecule has 0 aliphatic rings. The van der Waals surface area contributed by atoms with Crippen LogP contribution in [-0.4, -0.2) is 17.1 Å². The lowest BCUT2D eigenvalue weighted by molar-refractivity contribution is -0.141. The van der Waals surface area contributed by atoms with E-state index in [-0.39, 0.29) is 11.7 Å². The van der Waals surface area contributed by atoms with E-state index >= 15 is 0 Å². The molecule has 1 heterocycles. The van der Waals surface area contributed by atoms with Gasteiger partial charge in [0.2, 0.25) is 5.88 Å². The predicted molar refractivity (Wildman–Crippen MR) is 59.0 cm³/mol. The van der Waals surface area contributed by atoms with Crippen LogP contribution in [-0.2, 0) is 6.18 Å². The second-order valence-electron chi connectivity index (χ2n) is 3.48. The minimum atomic E-state index is -4.53. The van der Waals surface area contributed by atoms with E-state index in [1.165, 1.54) is 7.11 Å². The predicted octanol–water partition coefficient (Wildman–Crippen LogP) is 3.17. The van der Waals surface area contributed by atoms with Gasteiger partial charge in [-0.3, -0.25) is 0 Å². The normalized spacial score (nSPS) is 11.3. The van der Waals surface area contributed by atoms with Gasteiger partial charge in [-0.1, -0.05) is 30.3 Å². The van der Waals surface area contributed by atoms with Crippen molar-refractivity contribution in [3.63, 3.8) is 0 Å². The fraction of sp³-hybridized carbons (Fsp3) is 0.167. The molecule has 2 rings (SSSR count). The number of hydrogen-bond acceptors (Lipinski definition) is 3. The van der Waals surface area contributed by atoms with Crippen molar-refractivity contribution in [1.82, 2.24) is 9.97 Å². The van der Waals surface area contributed by atoms with Crippen LogP contribution in [0.3, 0.4) is 0 Å². The molecule has 0 amide bonds. The van der Waals surface area contributed by atoms with Gasteiger partial charge in [-0.15, -0.1) is 0 Å². The van der Waals surface area contributed by atoms with Crippen molar-refractivity contribution in [2.24, 2.45) is 0 Å². The number of ether oxygens (including phenoxy) is 1. The molecule has 6 heteroatoms. The van der Waals surface area contributed by atoms with E-state index in [9.17, 15) is 13.2 Å². The van der Waals surface area contributed by atoms with E-state index in [0.29, 0.717) is 5.56 Å². The highest BCUT2D eigenvalue weighted by atomic mass is 19.4. The molecule has 0 spiro atoms. The van der Waals surface area contributed by atoms with Crippen LogP contribution >= 0.6 is 0 Å². The topological polar surface area (TPSA) is 35.0 Å². The van der Waals surface area contributed by atoms with Crippen LogP contribution in [0, 0.1) is 0 Å². The lowest BCUT2D eigenvalue weighted by Crippen LogP contribution is -2.10. The molecule has 18 heavy (non-hydrogen) atoms. The number of benzene rings is 1. The summed E-state index contributed by atoms with van der Waals surface area (Å²) in [5.41, 5.74) is -0.518. The van der Waals surface area contributed by atoms with Crippen molar-refractivity contribution in [3.8, 4) is 17.3 Å². The molecular formula is C12H9F3N2O. The Morgan fingerprint density at radius 2 is 1.72 bits per heavy atom. The summed E-state index contributed by atoms with van der Waals surface area (Å²) in [7, 11) is 1.26. The zero-order valence-corrected chi connectivity index (χ0v) is 9.40. The monoisotopic (exact) mass is 254 g/mol. The van der Waals surface area contributed by atoms with Gasteiger partial charge in [-0.25, -0.2) is 4.98 Å². The molecular weight excluding hydrogens is 245 g/mol. The molecule has 2 aromatic rings. The lowest BCUT2D eigenvalue weighted by atomic mass is 10.2. The van der Waals surface area contributed by atoms with E-state index in [4.69, 9.17) is 4.74 Å². The second kappa shape index (κ2) is 4.64. The molecule has 0 saturated heterocycles. The Hall–Kier alpha value is -2.11. The molecule has 0 radical (unpaired) electrons. The molecule has 0 aliphatic heterocycles. The maximum absolute atomic E-state index is 12.7. The van der Waals surface area contributed by atoms with Crippen molar-refractivity contribution >= 4 is 0 Å². The first-order valence-electron chi connectivity index (χ1n) is 5.06. The lowest BCUT2D eigenvalue weighted by Gasteiger charge is -2.09. The van der Waals surface area contributed by atoms with E-state index < -0.39 is 11.9 Å². The minimum Gasteiger partial charge on any atom is -0.481 e. The number of methoxy groups -OCH3 is 1. The smallest absolute Gasteiger partial charge is 0.433 e. The van der Waals surface area contributed by atoms with Crippen molar-refractivity contribution in [3.05, 3.63) is 42.1 Å². The van der Waals surface area contributed by atoms with Gasteiger partial charge in [0.1, 0.15) is 0 Å². The third-order valence-electron chi connectivity index (χ3n) is 2.23. The molecule has 1 aromatic heterocycles. The molecule has 0 aliphatic carbocycles. The highest BCUT2D eigenvalue weighted by molar-refractivity contribution is 5.55. The summed E-state index contributed by atoms with van der Waals surface area (Å²) in [6.07, 6.45) is -4.53. The van der Waals surface area contributed by atoms with E-state index in [0.717, 1.165) is 6.07 Å². The number of hydrogen-bond donors (Lipinski definition) is 0. The summed E-state index contributed by atoms with van der Waals surface area (Å²) < 4.78 is 42.7. The van der Waals surface area contributed by atoms with Crippen LogP contribution in [0.25, 0.3) is 11.4 Å². The SMILES string of the molecule is COc1cc(C(F)(F)F)nc(-c2ccccc2)n1. The van der Waals surface area contributed by atoms with E-state index in [1.807, 2.05) is 0 Å². The maximum atomic E-state index is 12.7. The summed E-state index contributed by atoms with van der Waals surface area (Å²) >= 11 is 0. The average molecular weight is 254 g/mol. The first-order chi connectivity index (χ1) is 8.50. The quantitative estimate of drug-likeness (QED) is 0.825. The molecule has 0 saturated carbocycles. The molecule has 0 unspecified atom stereocenters. The summed E-state index contributed by atoms with van der Waals surface area (Å²) in [4.78, 5) is 7.41. The van der Waals surface area contributed by atoms with Crippen molar-refractivity contribution < 1.29 is 17.9 Å². The van der Waals surface area contributed by atoms with Crippen LogP contribution in [0.2, 0.25) is 0 Å². The van der Waals surface area contributed by atoms with Crippen LogP contribution in [0.4, 0.5) is 13.2 Å². The van der Waals surface area contributed by atoms with E-state index in [1.54, 1.807) is 30.3 Å². The Morgan fingerprint density at radius 1 is 1.06 bits per heavy atom. The van der Waals surface area contributed by atoms with Crippen LogP contribution in [0.5, 0.6) is 5.88 Å². The molecule has 0 bridgehead atoms. The molecule has 0 atom stereocenters. The third-order valence-corrected chi connectivity index (χ3v) is 2.23. The number of alkyl halides is 3. The molecule has 94 valence electrons. The Bertz CT molecular complexity index is 541. The van der Waals surface area contributed by atoms with Crippen molar-refractivity contribution in [2.75, 3.05) is 7.11 Å². The Balaban J connectivity index is 2.55. The Morgan fingerprint density at radius 3 is 2.28 bits per heavy atom. The standard InChI is InChI=1S/C12H9F3N2O/c1-18-10-7-9(12(13,14)15)16-11(17-10)8-5-3-2-4-6-8/h2-7H,1H3. The van der Waals surface area contributed by atoms with E-state index in [2.05, 4.69) is 9.97 Å². The highest BCUT2D eigenvalue weighted by Crippen LogP contribution is 2.31. The fourth-order valence-electron chi connectivity index (χ4n) is 1.39. The molecule has 0 fully saturated rings. The van der Waals surface area contributed by atoms with Gasteiger partial charge >= 0.3 is 6.18 Å². The third kappa shape index (κ3) is 2.58. The van der Waals surface area contributed by atoms with Gasteiger partial charge in [0.15, 0.2) is 11.5 Å². The molecule has 3 nitrogen and oxygen atoms in total. The number of nitrogens with zero attached hydrogens (tertiary/aromatic N) is 2. The first-order valence-corrected chi connectivity index (χ1v) is 5.06. The summed E-state index contributed by atoms with van der Waals surface area (Å²) in [6, 6.07) is 9.20. The summed E-state index contributed by atoms with van der Waals surface area (Å²) in [6.45, 7) is 0. The number of rotatable bonds is 2. The van der Waals surface area contributed by atoms with Crippen LogP contribution < -0.4 is 4.74 Å². The van der Waals surface area contributed by atoms with Crippen molar-refractivity contribution in [2.45, 2.75) is 6.18 Å². The zero-order chi connectivity index (χ0) is 13.2. The molecule has 1 aromatic carbocycles. The van der Waals surface area contributed by atoms with Gasteiger partial charge in [0.25, 0.3) is 0 Å². The van der Waals surface area contributed by atoms with Crippen molar-refractivity contribution in [1.29, 1.82) is 0 Å². The van der Waals surface area contributed by atoms with Gasteiger partial charge in [0.05, 0.1) is 7.11 Å². The number of halogens is 3. The van der Waals surface area contributed by atoms with Gasteiger partial charge in [-0.2, -0.15) is 18.2 Å². The zero-order valence-electron chi connectivity index (χ0n) is 9.40. The number of aromatic nitrogens is 2. The summed E-state index contributed by atoms with van der Waals surface area (Å²) in [5.74, 6) is -0.126. The van der Waals surface area contributed by atoms with Gasteiger partial charge in [0, 0.05) is 11.6 Å². The fourth-order valence-corrected chi connectivity index (χ4v) is 1.39. The van der Waals surface area contributed by atoms with Crippen LogP contribution in [0.15, 0.2) is 36.4 Å². The summed E-state index contributed by atoms with van der Waals surface area (Å²) in [5, 5.41) is 0. The molecule has 0 N–H and O–H groups in total. The second-order valence-corrected chi connectivity index (χ2v) is 3.48. The van der Waals surface area contributed by atoms with Crippen LogP contribution in [0.1, 0.15) is 5.69 Å². The maximum Gasteiger partial charge on any atom is 0.433 e. The van der Waals surface area contributed by atoms with Gasteiger partial charge in [-0.05, 0) is 0 Å². The minimum absolute atomic E-state index is 0.0118. The largest absolute Gasteiger partial charge is 0.481 e. The highest BCUT2D eigenvalue weighted by Gasteiger charge is 2.34. The van der Waals surface area contributed by atoms with Gasteiger partial charge < -0.3 is 4.74 Å².